The number of hydrogen-bond acceptors (Lipinski definition) is 2. The summed E-state index contributed by atoms with van der Waals surface area (Å²) in [5.74, 6) is 1.75. The van der Waals surface area contributed by atoms with Gasteiger partial charge < -0.3 is 5.32 Å². The van der Waals surface area contributed by atoms with Gasteiger partial charge in [0, 0.05) is 12.6 Å². The van der Waals surface area contributed by atoms with Crippen LogP contribution in [0.5, 0.6) is 0 Å². The Morgan fingerprint density at radius 3 is 2.32 bits per heavy atom. The number of piperidine rings is 1. The summed E-state index contributed by atoms with van der Waals surface area (Å²) in [5, 5.41) is 3.36. The van der Waals surface area contributed by atoms with Crippen molar-refractivity contribution in [2.45, 2.75) is 32.7 Å². The van der Waals surface area contributed by atoms with Crippen molar-refractivity contribution in [2.24, 2.45) is 11.8 Å². The maximum atomic E-state index is 3.36. The number of nitrogens with zero attached hydrogens (tertiary/aromatic N) is 1. The lowest BCUT2D eigenvalue weighted by Crippen LogP contribution is -2.41. The quantitative estimate of drug-likeness (QED) is 0.873. The second-order valence-electron chi connectivity index (χ2n) is 6.10. The highest BCUT2D eigenvalue weighted by Gasteiger charge is 2.26. The van der Waals surface area contributed by atoms with Crippen LogP contribution in [-0.2, 0) is 0 Å². The summed E-state index contributed by atoms with van der Waals surface area (Å²) in [4.78, 5) is 2.66. The van der Waals surface area contributed by atoms with Gasteiger partial charge in [-0.15, -0.1) is 0 Å². The van der Waals surface area contributed by atoms with E-state index in [-0.39, 0.29) is 0 Å². The highest BCUT2D eigenvalue weighted by molar-refractivity contribution is 5.19. The van der Waals surface area contributed by atoms with E-state index >= 15 is 0 Å². The summed E-state index contributed by atoms with van der Waals surface area (Å²) in [7, 11) is 2.05. The first-order valence-electron chi connectivity index (χ1n) is 7.66. The molecule has 1 aliphatic heterocycles. The SMILES string of the molecule is CNCC(c1ccccc1)N1CCC(C(C)C)CC1. The van der Waals surface area contributed by atoms with Crippen molar-refractivity contribution >= 4 is 0 Å². The van der Waals surface area contributed by atoms with Gasteiger partial charge in [0.05, 0.1) is 0 Å². The van der Waals surface area contributed by atoms with Crippen molar-refractivity contribution in [3.05, 3.63) is 35.9 Å². The molecule has 1 saturated heterocycles. The van der Waals surface area contributed by atoms with Crippen LogP contribution in [-0.4, -0.2) is 31.6 Å². The van der Waals surface area contributed by atoms with Gasteiger partial charge in [-0.3, -0.25) is 4.90 Å². The largest absolute Gasteiger partial charge is 0.318 e. The maximum absolute atomic E-state index is 3.36. The van der Waals surface area contributed by atoms with Gasteiger partial charge in [-0.25, -0.2) is 0 Å². The monoisotopic (exact) mass is 260 g/mol. The number of benzene rings is 1. The zero-order valence-electron chi connectivity index (χ0n) is 12.6. The van der Waals surface area contributed by atoms with Crippen LogP contribution in [0.15, 0.2) is 30.3 Å². The van der Waals surface area contributed by atoms with Crippen LogP contribution in [0.2, 0.25) is 0 Å². The van der Waals surface area contributed by atoms with Gasteiger partial charge in [-0.1, -0.05) is 44.2 Å². The topological polar surface area (TPSA) is 15.3 Å². The van der Waals surface area contributed by atoms with Crippen molar-refractivity contribution in [1.82, 2.24) is 10.2 Å². The molecular weight excluding hydrogens is 232 g/mol. The second-order valence-corrected chi connectivity index (χ2v) is 6.10. The van der Waals surface area contributed by atoms with Gasteiger partial charge in [0.15, 0.2) is 0 Å². The number of likely N-dealkylation sites (N-methyl/N-ethyl adjacent to an activating group) is 1. The van der Waals surface area contributed by atoms with Gasteiger partial charge in [-0.05, 0) is 50.4 Å². The van der Waals surface area contributed by atoms with E-state index in [0.717, 1.165) is 18.4 Å². The fourth-order valence-corrected chi connectivity index (χ4v) is 3.22. The average molecular weight is 260 g/mol. The molecule has 2 heteroatoms. The molecule has 2 rings (SSSR count). The minimum atomic E-state index is 0.527. The Kier molecular flexibility index (Phi) is 5.41. The molecule has 0 aromatic heterocycles. The first-order valence-corrected chi connectivity index (χ1v) is 7.66. The highest BCUT2D eigenvalue weighted by Crippen LogP contribution is 2.29. The van der Waals surface area contributed by atoms with Gasteiger partial charge in [0.2, 0.25) is 0 Å². The molecule has 1 fully saturated rings. The molecule has 2 nitrogen and oxygen atoms in total. The molecule has 0 spiro atoms. The van der Waals surface area contributed by atoms with E-state index in [0.29, 0.717) is 6.04 Å². The number of rotatable bonds is 5. The molecule has 1 aliphatic rings. The van der Waals surface area contributed by atoms with Crippen molar-refractivity contribution in [3.63, 3.8) is 0 Å². The van der Waals surface area contributed by atoms with E-state index in [1.165, 1.54) is 31.5 Å². The van der Waals surface area contributed by atoms with Crippen molar-refractivity contribution < 1.29 is 0 Å². The third-order valence-electron chi connectivity index (χ3n) is 4.54. The van der Waals surface area contributed by atoms with Gasteiger partial charge in [0.25, 0.3) is 0 Å². The number of likely N-dealkylation sites (tertiary alicyclic amines) is 1. The first kappa shape index (κ1) is 14.5. The molecular formula is C17H28N2. The van der Waals surface area contributed by atoms with Crippen LogP contribution in [0.25, 0.3) is 0 Å². The van der Waals surface area contributed by atoms with Crippen LogP contribution in [0.4, 0.5) is 0 Å². The zero-order chi connectivity index (χ0) is 13.7. The molecule has 19 heavy (non-hydrogen) atoms. The molecule has 1 unspecified atom stereocenters. The molecule has 0 amide bonds. The van der Waals surface area contributed by atoms with E-state index in [1.807, 2.05) is 0 Å². The predicted octanol–water partition coefficient (Wildman–Crippen LogP) is 3.32. The summed E-state index contributed by atoms with van der Waals surface area (Å²) >= 11 is 0. The smallest absolute Gasteiger partial charge is 0.0472 e. The molecule has 106 valence electrons. The summed E-state index contributed by atoms with van der Waals surface area (Å²) < 4.78 is 0. The zero-order valence-corrected chi connectivity index (χ0v) is 12.6. The van der Waals surface area contributed by atoms with E-state index in [4.69, 9.17) is 0 Å². The molecule has 1 aromatic carbocycles. The average Bonchev–Trinajstić information content (AvgIpc) is 2.46. The van der Waals surface area contributed by atoms with Crippen molar-refractivity contribution in [3.8, 4) is 0 Å². The Labute approximate surface area is 118 Å². The van der Waals surface area contributed by atoms with Crippen LogP contribution in [0, 0.1) is 11.8 Å². The number of nitrogens with one attached hydrogen (secondary N) is 1. The summed E-state index contributed by atoms with van der Waals surface area (Å²) in [6.07, 6.45) is 2.70. The summed E-state index contributed by atoms with van der Waals surface area (Å²) in [6, 6.07) is 11.5. The van der Waals surface area contributed by atoms with Crippen LogP contribution in [0.1, 0.15) is 38.3 Å². The third-order valence-corrected chi connectivity index (χ3v) is 4.54. The molecule has 1 N–H and O–H groups in total. The highest BCUT2D eigenvalue weighted by atomic mass is 15.2. The lowest BCUT2D eigenvalue weighted by Gasteiger charge is -2.39. The lowest BCUT2D eigenvalue weighted by atomic mass is 9.86. The van der Waals surface area contributed by atoms with Crippen molar-refractivity contribution in [1.29, 1.82) is 0 Å². The second kappa shape index (κ2) is 7.06. The Balaban J connectivity index is 2.01. The fraction of sp³-hybridized carbons (Fsp3) is 0.647. The van der Waals surface area contributed by atoms with E-state index in [9.17, 15) is 0 Å². The summed E-state index contributed by atoms with van der Waals surface area (Å²) in [6.45, 7) is 8.25. The number of hydrogen-bond donors (Lipinski definition) is 1. The minimum absolute atomic E-state index is 0.527. The molecule has 1 aromatic rings. The maximum Gasteiger partial charge on any atom is 0.0472 e. The Hall–Kier alpha value is -0.860. The van der Waals surface area contributed by atoms with Crippen LogP contribution >= 0.6 is 0 Å². The minimum Gasteiger partial charge on any atom is -0.318 e. The van der Waals surface area contributed by atoms with E-state index in [1.54, 1.807) is 0 Å². The lowest BCUT2D eigenvalue weighted by molar-refractivity contribution is 0.114. The van der Waals surface area contributed by atoms with Crippen LogP contribution in [0.3, 0.4) is 0 Å². The van der Waals surface area contributed by atoms with Crippen LogP contribution < -0.4 is 5.32 Å². The van der Waals surface area contributed by atoms with E-state index < -0.39 is 0 Å². The predicted molar refractivity (Wildman–Crippen MR) is 82.2 cm³/mol. The molecule has 1 atom stereocenters. The molecule has 0 aliphatic carbocycles. The Morgan fingerprint density at radius 1 is 1.16 bits per heavy atom. The van der Waals surface area contributed by atoms with Gasteiger partial charge >= 0.3 is 0 Å². The fourth-order valence-electron chi connectivity index (χ4n) is 3.22. The molecule has 0 radical (unpaired) electrons. The van der Waals surface area contributed by atoms with E-state index in [2.05, 4.69) is 61.4 Å². The standard InChI is InChI=1S/C17H28N2/c1-14(2)15-9-11-19(12-10-15)17(13-18-3)16-7-5-4-6-8-16/h4-8,14-15,17-18H,9-13H2,1-3H3. The normalized spacial score (nSPS) is 19.8. The van der Waals surface area contributed by atoms with Gasteiger partial charge in [0.1, 0.15) is 0 Å². The molecule has 0 bridgehead atoms. The summed E-state index contributed by atoms with van der Waals surface area (Å²) in [5.41, 5.74) is 1.44. The van der Waals surface area contributed by atoms with Crippen molar-refractivity contribution in [2.75, 3.05) is 26.7 Å². The van der Waals surface area contributed by atoms with Gasteiger partial charge in [-0.2, -0.15) is 0 Å². The Morgan fingerprint density at radius 2 is 1.79 bits per heavy atom. The third kappa shape index (κ3) is 3.80. The molecule has 0 saturated carbocycles. The first-order chi connectivity index (χ1) is 9.22. The molecule has 1 heterocycles. The Bertz CT molecular complexity index is 353.